The molecule has 0 aliphatic heterocycles. The minimum absolute atomic E-state index is 0.107. The number of rotatable bonds is 9. The molecule has 0 aromatic heterocycles. The minimum atomic E-state index is -0.341. The van der Waals surface area contributed by atoms with Crippen LogP contribution in [-0.2, 0) is 11.3 Å². The third kappa shape index (κ3) is 8.12. The molecule has 0 saturated carbocycles. The molecule has 2 aromatic rings. The Labute approximate surface area is 155 Å². The van der Waals surface area contributed by atoms with E-state index < -0.39 is 0 Å². The van der Waals surface area contributed by atoms with E-state index in [1.165, 1.54) is 4.90 Å². The van der Waals surface area contributed by atoms with Gasteiger partial charge in [0.1, 0.15) is 6.61 Å². The molecule has 25 heavy (non-hydrogen) atoms. The summed E-state index contributed by atoms with van der Waals surface area (Å²) in [6.45, 7) is 4.71. The van der Waals surface area contributed by atoms with Gasteiger partial charge in [0.15, 0.2) is 0 Å². The molecule has 2 rings (SSSR count). The van der Waals surface area contributed by atoms with E-state index >= 15 is 0 Å². The number of hydrogen-bond acceptors (Lipinski definition) is 3. The van der Waals surface area contributed by atoms with Crippen LogP contribution in [0.15, 0.2) is 65.6 Å². The van der Waals surface area contributed by atoms with Gasteiger partial charge in [-0.25, -0.2) is 4.79 Å². The number of amides is 1. The fourth-order valence-corrected chi connectivity index (χ4v) is 3.37. The first-order valence-electron chi connectivity index (χ1n) is 8.78. The van der Waals surface area contributed by atoms with Gasteiger partial charge in [-0.05, 0) is 36.5 Å². The van der Waals surface area contributed by atoms with Crippen molar-refractivity contribution in [2.75, 3.05) is 5.75 Å². The molecule has 0 aliphatic carbocycles. The summed E-state index contributed by atoms with van der Waals surface area (Å²) in [6.07, 6.45) is 1.70. The van der Waals surface area contributed by atoms with Crippen LogP contribution >= 0.6 is 11.8 Å². The van der Waals surface area contributed by atoms with E-state index in [2.05, 4.69) is 31.3 Å². The lowest BCUT2D eigenvalue weighted by Gasteiger charge is -2.19. The zero-order valence-electron chi connectivity index (χ0n) is 15.0. The lowest BCUT2D eigenvalue weighted by Crippen LogP contribution is -2.37. The van der Waals surface area contributed by atoms with Crippen molar-refractivity contribution in [1.29, 1.82) is 0 Å². The van der Waals surface area contributed by atoms with Gasteiger partial charge in [-0.3, -0.25) is 0 Å². The van der Waals surface area contributed by atoms with E-state index in [1.54, 1.807) is 11.8 Å². The molecule has 4 heteroatoms. The van der Waals surface area contributed by atoms with Crippen LogP contribution in [0.1, 0.15) is 32.3 Å². The van der Waals surface area contributed by atoms with Gasteiger partial charge in [0.05, 0.1) is 0 Å². The third-order valence-electron chi connectivity index (χ3n) is 3.82. The van der Waals surface area contributed by atoms with Crippen LogP contribution < -0.4 is 5.32 Å². The Bertz CT molecular complexity index is 616. The predicted octanol–water partition coefficient (Wildman–Crippen LogP) is 5.51. The average molecular weight is 358 g/mol. The smallest absolute Gasteiger partial charge is 0.407 e. The molecule has 0 heterocycles. The van der Waals surface area contributed by atoms with E-state index in [0.29, 0.717) is 12.5 Å². The molecule has 0 aliphatic rings. The molecule has 0 radical (unpaired) electrons. The number of thioether (sulfide) groups is 1. The Kier molecular flexibility index (Phi) is 8.40. The molecule has 0 unspecified atom stereocenters. The number of nitrogens with one attached hydrogen (secondary N) is 1. The maximum absolute atomic E-state index is 12.1. The van der Waals surface area contributed by atoms with Crippen LogP contribution in [0.2, 0.25) is 0 Å². The molecule has 2 aromatic carbocycles. The Morgan fingerprint density at radius 2 is 1.64 bits per heavy atom. The third-order valence-corrected chi connectivity index (χ3v) is 5.00. The zero-order valence-corrected chi connectivity index (χ0v) is 15.8. The number of benzene rings is 2. The summed E-state index contributed by atoms with van der Waals surface area (Å²) >= 11 is 1.77. The molecule has 0 saturated heterocycles. The van der Waals surface area contributed by atoms with E-state index in [9.17, 15) is 4.79 Å². The second kappa shape index (κ2) is 10.8. The normalized spacial score (nSPS) is 12.0. The molecule has 0 spiro atoms. The summed E-state index contributed by atoms with van der Waals surface area (Å²) in [7, 11) is 0. The molecule has 0 bridgehead atoms. The van der Waals surface area contributed by atoms with Gasteiger partial charge in [0.2, 0.25) is 0 Å². The lowest BCUT2D eigenvalue weighted by molar-refractivity contribution is 0.136. The number of carbonyl (C=O) groups is 1. The highest BCUT2D eigenvalue weighted by Crippen LogP contribution is 2.20. The summed E-state index contributed by atoms with van der Waals surface area (Å²) < 4.78 is 5.36. The first-order valence-corrected chi connectivity index (χ1v) is 9.77. The van der Waals surface area contributed by atoms with E-state index in [0.717, 1.165) is 24.2 Å². The number of alkyl carbamates (subject to hydrolysis) is 1. The van der Waals surface area contributed by atoms with Crippen LogP contribution in [0, 0.1) is 5.92 Å². The maximum Gasteiger partial charge on any atom is 0.407 e. The van der Waals surface area contributed by atoms with Crippen molar-refractivity contribution < 1.29 is 9.53 Å². The summed E-state index contributed by atoms with van der Waals surface area (Å²) in [5.74, 6) is 1.46. The van der Waals surface area contributed by atoms with Gasteiger partial charge < -0.3 is 10.1 Å². The first-order chi connectivity index (χ1) is 12.1. The van der Waals surface area contributed by atoms with Crippen molar-refractivity contribution in [2.45, 2.75) is 44.2 Å². The van der Waals surface area contributed by atoms with Crippen LogP contribution in [0.25, 0.3) is 0 Å². The Morgan fingerprint density at radius 3 is 2.28 bits per heavy atom. The van der Waals surface area contributed by atoms with E-state index in [1.807, 2.05) is 48.5 Å². The van der Waals surface area contributed by atoms with Gasteiger partial charge in [0.25, 0.3) is 0 Å². The second-order valence-electron chi connectivity index (χ2n) is 6.50. The lowest BCUT2D eigenvalue weighted by atomic mass is 10.0. The SMILES string of the molecule is CC(C)CC[C@H](CSc1ccccc1)NC(=O)OCc1ccccc1. The quantitative estimate of drug-likeness (QED) is 0.601. The van der Waals surface area contributed by atoms with Crippen LogP contribution in [-0.4, -0.2) is 17.9 Å². The van der Waals surface area contributed by atoms with E-state index in [-0.39, 0.29) is 12.1 Å². The first kappa shape index (κ1) is 19.4. The van der Waals surface area contributed by atoms with E-state index in [4.69, 9.17) is 4.74 Å². The molecule has 134 valence electrons. The Balaban J connectivity index is 1.82. The fourth-order valence-electron chi connectivity index (χ4n) is 2.38. The average Bonchev–Trinajstić information content (AvgIpc) is 2.64. The second-order valence-corrected chi connectivity index (χ2v) is 7.59. The molecule has 1 amide bonds. The predicted molar refractivity (Wildman–Crippen MR) is 105 cm³/mol. The highest BCUT2D eigenvalue weighted by atomic mass is 32.2. The molecular formula is C21H27NO2S. The molecule has 3 nitrogen and oxygen atoms in total. The van der Waals surface area contributed by atoms with Crippen molar-refractivity contribution >= 4 is 17.9 Å². The van der Waals surface area contributed by atoms with Crippen LogP contribution in [0.5, 0.6) is 0 Å². The highest BCUT2D eigenvalue weighted by Gasteiger charge is 2.14. The number of hydrogen-bond donors (Lipinski definition) is 1. The minimum Gasteiger partial charge on any atom is -0.445 e. The van der Waals surface area contributed by atoms with Gasteiger partial charge in [-0.2, -0.15) is 0 Å². The monoisotopic (exact) mass is 357 g/mol. The molecule has 0 fully saturated rings. The van der Waals surface area contributed by atoms with Gasteiger partial charge in [-0.1, -0.05) is 62.4 Å². The van der Waals surface area contributed by atoms with Crippen molar-refractivity contribution in [3.63, 3.8) is 0 Å². The summed E-state index contributed by atoms with van der Waals surface area (Å²) in [5.41, 5.74) is 0.995. The highest BCUT2D eigenvalue weighted by molar-refractivity contribution is 7.99. The fraction of sp³-hybridized carbons (Fsp3) is 0.381. The van der Waals surface area contributed by atoms with Crippen LogP contribution in [0.4, 0.5) is 4.79 Å². The summed E-state index contributed by atoms with van der Waals surface area (Å²) in [6, 6.07) is 20.1. The number of ether oxygens (including phenoxy) is 1. The Hall–Kier alpha value is -1.94. The van der Waals surface area contributed by atoms with Crippen molar-refractivity contribution in [2.24, 2.45) is 5.92 Å². The summed E-state index contributed by atoms with van der Waals surface area (Å²) in [5, 5.41) is 3.03. The standard InChI is InChI=1S/C21H27NO2S/c1-17(2)13-14-19(16-25-20-11-7-4-8-12-20)22-21(23)24-15-18-9-5-3-6-10-18/h3-12,17,19H,13-16H2,1-2H3,(H,22,23)/t19-/m1/s1. The van der Waals surface area contributed by atoms with Gasteiger partial charge in [0, 0.05) is 16.7 Å². The van der Waals surface area contributed by atoms with Crippen LogP contribution in [0.3, 0.4) is 0 Å². The molecular weight excluding hydrogens is 330 g/mol. The topological polar surface area (TPSA) is 38.3 Å². The summed E-state index contributed by atoms with van der Waals surface area (Å²) in [4.78, 5) is 13.4. The molecule has 1 N–H and O–H groups in total. The van der Waals surface area contributed by atoms with Crippen molar-refractivity contribution in [1.82, 2.24) is 5.32 Å². The zero-order chi connectivity index (χ0) is 17.9. The van der Waals surface area contributed by atoms with Gasteiger partial charge in [-0.15, -0.1) is 11.8 Å². The van der Waals surface area contributed by atoms with Crippen molar-refractivity contribution in [3.8, 4) is 0 Å². The molecule has 1 atom stereocenters. The largest absolute Gasteiger partial charge is 0.445 e. The number of carbonyl (C=O) groups excluding carboxylic acids is 1. The van der Waals surface area contributed by atoms with Gasteiger partial charge >= 0.3 is 6.09 Å². The van der Waals surface area contributed by atoms with Crippen molar-refractivity contribution in [3.05, 3.63) is 66.2 Å². The maximum atomic E-state index is 12.1. The Morgan fingerprint density at radius 1 is 1.00 bits per heavy atom.